The first kappa shape index (κ1) is 24.2. The van der Waals surface area contributed by atoms with Crippen molar-refractivity contribution in [2.45, 2.75) is 64.6 Å². The van der Waals surface area contributed by atoms with Gasteiger partial charge in [0.1, 0.15) is 17.9 Å². The number of hydrogen-bond acceptors (Lipinski definition) is 6. The number of carboxylic acid groups (broad SMARTS) is 1. The van der Waals surface area contributed by atoms with Gasteiger partial charge in [-0.3, -0.25) is 14.4 Å². The molecule has 0 radical (unpaired) electrons. The van der Waals surface area contributed by atoms with Crippen LogP contribution in [0.1, 0.15) is 46.1 Å². The summed E-state index contributed by atoms with van der Waals surface area (Å²) in [5.41, 5.74) is 0.647. The first-order valence-corrected chi connectivity index (χ1v) is 10.2. The zero-order valence-electron chi connectivity index (χ0n) is 18.3. The maximum atomic E-state index is 12.5. The van der Waals surface area contributed by atoms with Crippen LogP contribution in [0.5, 0.6) is 11.5 Å². The largest absolute Gasteiger partial charge is 0.483 e. The van der Waals surface area contributed by atoms with E-state index in [2.05, 4.69) is 10.6 Å². The molecule has 170 valence electrons. The SMILES string of the molecule is CC(C)C[C@H](NC(=O)COc1cccc2c1OC(C)(C)C2)C(=O)N[C@H](C=O)CC(=O)O. The molecule has 31 heavy (non-hydrogen) atoms. The summed E-state index contributed by atoms with van der Waals surface area (Å²) < 4.78 is 11.6. The highest BCUT2D eigenvalue weighted by Gasteiger charge is 2.32. The van der Waals surface area contributed by atoms with Gasteiger partial charge in [0.05, 0.1) is 12.5 Å². The zero-order valence-corrected chi connectivity index (χ0v) is 18.3. The Labute approximate surface area is 181 Å². The summed E-state index contributed by atoms with van der Waals surface area (Å²) in [5, 5.41) is 13.8. The van der Waals surface area contributed by atoms with Gasteiger partial charge in [-0.25, -0.2) is 0 Å². The molecule has 9 heteroatoms. The Morgan fingerprint density at radius 3 is 2.58 bits per heavy atom. The van der Waals surface area contributed by atoms with Gasteiger partial charge in [-0.2, -0.15) is 0 Å². The fourth-order valence-corrected chi connectivity index (χ4v) is 3.39. The number of aliphatic carboxylic acids is 1. The Hall–Kier alpha value is -3.10. The molecular weight excluding hydrogens is 404 g/mol. The molecule has 0 spiro atoms. The maximum absolute atomic E-state index is 12.5. The molecule has 1 heterocycles. The molecule has 2 atom stereocenters. The minimum atomic E-state index is -1.21. The monoisotopic (exact) mass is 434 g/mol. The molecule has 0 fully saturated rings. The van der Waals surface area contributed by atoms with Gasteiger partial charge in [-0.05, 0) is 32.3 Å². The number of nitrogens with one attached hydrogen (secondary N) is 2. The van der Waals surface area contributed by atoms with Crippen LogP contribution in [0.2, 0.25) is 0 Å². The van der Waals surface area contributed by atoms with E-state index in [0.717, 1.165) is 12.0 Å². The van der Waals surface area contributed by atoms with E-state index in [0.29, 0.717) is 24.2 Å². The summed E-state index contributed by atoms with van der Waals surface area (Å²) >= 11 is 0. The van der Waals surface area contributed by atoms with Gasteiger partial charge in [0.15, 0.2) is 18.1 Å². The number of para-hydroxylation sites is 1. The molecular formula is C22H30N2O7. The number of amides is 2. The Morgan fingerprint density at radius 1 is 1.26 bits per heavy atom. The van der Waals surface area contributed by atoms with Crippen LogP contribution in [0.15, 0.2) is 18.2 Å². The second-order valence-electron chi connectivity index (χ2n) is 8.67. The lowest BCUT2D eigenvalue weighted by atomic mass is 10.0. The van der Waals surface area contributed by atoms with Gasteiger partial charge in [-0.15, -0.1) is 0 Å². The van der Waals surface area contributed by atoms with E-state index < -0.39 is 36.3 Å². The van der Waals surface area contributed by atoms with Crippen LogP contribution in [0.4, 0.5) is 0 Å². The topological polar surface area (TPSA) is 131 Å². The summed E-state index contributed by atoms with van der Waals surface area (Å²) in [6.07, 6.45) is 0.877. The van der Waals surface area contributed by atoms with Gasteiger partial charge >= 0.3 is 5.97 Å². The van der Waals surface area contributed by atoms with Crippen LogP contribution < -0.4 is 20.1 Å². The summed E-state index contributed by atoms with van der Waals surface area (Å²) in [5.74, 6) is -1.22. The van der Waals surface area contributed by atoms with Crippen molar-refractivity contribution in [1.29, 1.82) is 0 Å². The summed E-state index contributed by atoms with van der Waals surface area (Å²) in [6, 6.07) is 3.39. The number of carboxylic acids is 1. The third kappa shape index (κ3) is 7.27. The summed E-state index contributed by atoms with van der Waals surface area (Å²) in [7, 11) is 0. The predicted molar refractivity (Wildman–Crippen MR) is 112 cm³/mol. The standard InChI is InChI=1S/C22H30N2O7/c1-13(2)8-16(21(29)23-15(11-25)9-19(27)28)24-18(26)12-30-17-7-5-6-14-10-22(3,4)31-20(14)17/h5-7,11,13,15-16H,8-10,12H2,1-4H3,(H,23,29)(H,24,26)(H,27,28)/t15-,16-/m0/s1. The van der Waals surface area contributed by atoms with Crippen LogP contribution in [0.3, 0.4) is 0 Å². The number of ether oxygens (including phenoxy) is 2. The maximum Gasteiger partial charge on any atom is 0.305 e. The molecule has 1 aromatic rings. The van der Waals surface area contributed by atoms with Crippen molar-refractivity contribution in [2.75, 3.05) is 6.61 Å². The van der Waals surface area contributed by atoms with Crippen molar-refractivity contribution in [1.82, 2.24) is 10.6 Å². The van der Waals surface area contributed by atoms with Crippen molar-refractivity contribution < 1.29 is 33.8 Å². The van der Waals surface area contributed by atoms with Gasteiger partial charge in [-0.1, -0.05) is 26.0 Å². The minimum Gasteiger partial charge on any atom is -0.483 e. The van der Waals surface area contributed by atoms with Gasteiger partial charge in [0.25, 0.3) is 5.91 Å². The average Bonchev–Trinajstić information content (AvgIpc) is 2.98. The molecule has 0 aliphatic carbocycles. The molecule has 0 bridgehead atoms. The van der Waals surface area contributed by atoms with Crippen LogP contribution in [0.25, 0.3) is 0 Å². The van der Waals surface area contributed by atoms with Crippen LogP contribution in [0, 0.1) is 5.92 Å². The van der Waals surface area contributed by atoms with Crippen LogP contribution in [-0.2, 0) is 25.6 Å². The molecule has 0 saturated heterocycles. The van der Waals surface area contributed by atoms with Crippen molar-refractivity contribution in [2.24, 2.45) is 5.92 Å². The molecule has 0 aromatic heterocycles. The highest BCUT2D eigenvalue weighted by atomic mass is 16.5. The number of carbonyl (C=O) groups is 4. The van der Waals surface area contributed by atoms with E-state index in [-0.39, 0.29) is 18.1 Å². The van der Waals surface area contributed by atoms with E-state index >= 15 is 0 Å². The lowest BCUT2D eigenvalue weighted by Gasteiger charge is -2.22. The third-order valence-electron chi connectivity index (χ3n) is 4.66. The highest BCUT2D eigenvalue weighted by molar-refractivity contribution is 5.90. The molecule has 1 aliphatic heterocycles. The molecule has 0 unspecified atom stereocenters. The molecule has 3 N–H and O–H groups in total. The van der Waals surface area contributed by atoms with Gasteiger partial charge in [0.2, 0.25) is 5.91 Å². The number of benzene rings is 1. The van der Waals surface area contributed by atoms with E-state index in [9.17, 15) is 19.2 Å². The number of hydrogen-bond donors (Lipinski definition) is 3. The van der Waals surface area contributed by atoms with Gasteiger partial charge < -0.3 is 30.0 Å². The lowest BCUT2D eigenvalue weighted by molar-refractivity contribution is -0.139. The Balaban J connectivity index is 1.99. The normalized spacial score (nSPS) is 15.9. The zero-order chi connectivity index (χ0) is 23.2. The fraction of sp³-hybridized carbons (Fsp3) is 0.545. The van der Waals surface area contributed by atoms with Crippen LogP contribution in [-0.4, -0.2) is 53.5 Å². The van der Waals surface area contributed by atoms with Crippen molar-refractivity contribution in [3.8, 4) is 11.5 Å². The fourth-order valence-electron chi connectivity index (χ4n) is 3.39. The second-order valence-corrected chi connectivity index (χ2v) is 8.67. The van der Waals surface area contributed by atoms with Crippen molar-refractivity contribution >= 4 is 24.1 Å². The Bertz CT molecular complexity index is 835. The molecule has 1 aliphatic rings. The quantitative estimate of drug-likeness (QED) is 0.450. The predicted octanol–water partition coefficient (Wildman–Crippen LogP) is 1.47. The minimum absolute atomic E-state index is 0.0687. The summed E-state index contributed by atoms with van der Waals surface area (Å²) in [6.45, 7) is 7.37. The van der Waals surface area contributed by atoms with Crippen molar-refractivity contribution in [3.05, 3.63) is 23.8 Å². The van der Waals surface area contributed by atoms with E-state index in [1.54, 1.807) is 6.07 Å². The number of carbonyl (C=O) groups excluding carboxylic acids is 3. The van der Waals surface area contributed by atoms with E-state index in [1.807, 2.05) is 39.8 Å². The van der Waals surface area contributed by atoms with Crippen molar-refractivity contribution in [3.63, 3.8) is 0 Å². The number of aldehydes is 1. The first-order chi connectivity index (χ1) is 14.5. The molecule has 1 aromatic carbocycles. The Morgan fingerprint density at radius 2 is 1.97 bits per heavy atom. The molecule has 0 saturated carbocycles. The number of fused-ring (bicyclic) bond motifs is 1. The smallest absolute Gasteiger partial charge is 0.305 e. The Kier molecular flexibility index (Phi) is 8.01. The molecule has 9 nitrogen and oxygen atoms in total. The third-order valence-corrected chi connectivity index (χ3v) is 4.66. The van der Waals surface area contributed by atoms with Crippen LogP contribution >= 0.6 is 0 Å². The highest BCUT2D eigenvalue weighted by Crippen LogP contribution is 2.41. The molecule has 2 rings (SSSR count). The first-order valence-electron chi connectivity index (χ1n) is 10.2. The lowest BCUT2D eigenvalue weighted by Crippen LogP contribution is -2.51. The summed E-state index contributed by atoms with van der Waals surface area (Å²) in [4.78, 5) is 46.8. The van der Waals surface area contributed by atoms with Gasteiger partial charge in [0, 0.05) is 12.0 Å². The second kappa shape index (κ2) is 10.3. The van der Waals surface area contributed by atoms with E-state index in [4.69, 9.17) is 14.6 Å². The van der Waals surface area contributed by atoms with E-state index in [1.165, 1.54) is 0 Å². The average molecular weight is 434 g/mol. The number of rotatable bonds is 11. The molecule has 2 amide bonds.